The van der Waals surface area contributed by atoms with Crippen LogP contribution < -0.4 is 0 Å². The molecule has 0 unspecified atom stereocenters. The smallest absolute Gasteiger partial charge is 0.227 e. The first-order valence-corrected chi connectivity index (χ1v) is 20.7. The largest absolute Gasteiger partial charge is 0.435 e. The van der Waals surface area contributed by atoms with Crippen LogP contribution in [0.2, 0.25) is 0 Å². The van der Waals surface area contributed by atoms with Crippen LogP contribution in [0.15, 0.2) is 223 Å². The Bertz CT molecular complexity index is 3520. The summed E-state index contributed by atoms with van der Waals surface area (Å²) < 4.78 is 6.61. The molecule has 0 radical (unpaired) electrons. The summed E-state index contributed by atoms with van der Waals surface area (Å²) in [4.78, 5) is 10.6. The van der Waals surface area contributed by atoms with Crippen LogP contribution in [0.3, 0.4) is 0 Å². The molecule has 0 bridgehead atoms. The SMILES string of the molecule is c1ccc(-c2ccc(-c3cc(-c4ccc(-c5ccccc5)cc4)c4cc(-c5ccc(-c6nc7c8ccccc8c8ccccc8c7o6)cc5)c5ccccc5c4n3)cc2)cc1. The van der Waals surface area contributed by atoms with E-state index in [1.54, 1.807) is 0 Å². The molecule has 0 saturated carbocycles. The van der Waals surface area contributed by atoms with Crippen molar-refractivity contribution in [3.63, 3.8) is 0 Å². The summed E-state index contributed by atoms with van der Waals surface area (Å²) in [5, 5.41) is 7.88. The van der Waals surface area contributed by atoms with Crippen molar-refractivity contribution in [2.24, 2.45) is 0 Å². The van der Waals surface area contributed by atoms with Gasteiger partial charge < -0.3 is 4.42 Å². The molecule has 12 rings (SSSR count). The van der Waals surface area contributed by atoms with Gasteiger partial charge in [0, 0.05) is 32.7 Å². The van der Waals surface area contributed by atoms with Gasteiger partial charge in [0.25, 0.3) is 0 Å². The predicted octanol–water partition coefficient (Wildman–Crippen LogP) is 15.8. The van der Waals surface area contributed by atoms with Gasteiger partial charge in [-0.1, -0.05) is 194 Å². The zero-order chi connectivity index (χ0) is 40.3. The van der Waals surface area contributed by atoms with Crippen molar-refractivity contribution in [1.29, 1.82) is 0 Å². The number of benzene rings is 10. The summed E-state index contributed by atoms with van der Waals surface area (Å²) in [5.74, 6) is 0.612. The number of fused-ring (bicyclic) bond motifs is 9. The molecule has 3 nitrogen and oxygen atoms in total. The van der Waals surface area contributed by atoms with E-state index in [9.17, 15) is 0 Å². The van der Waals surface area contributed by atoms with Gasteiger partial charge in [-0.15, -0.1) is 0 Å². The van der Waals surface area contributed by atoms with Crippen molar-refractivity contribution in [2.75, 3.05) is 0 Å². The molecule has 10 aromatic carbocycles. The molecule has 0 saturated heterocycles. The van der Waals surface area contributed by atoms with Crippen molar-refractivity contribution in [3.8, 4) is 67.2 Å². The van der Waals surface area contributed by atoms with E-state index in [4.69, 9.17) is 14.4 Å². The third-order valence-electron chi connectivity index (χ3n) is 12.1. The Morgan fingerprint density at radius 1 is 0.262 bits per heavy atom. The Hall–Kier alpha value is -8.14. The summed E-state index contributed by atoms with van der Waals surface area (Å²) in [6, 6.07) is 77.6. The molecule has 0 aliphatic carbocycles. The summed E-state index contributed by atoms with van der Waals surface area (Å²) in [6.45, 7) is 0. The maximum Gasteiger partial charge on any atom is 0.227 e. The number of nitrogens with zero attached hydrogens (tertiary/aromatic N) is 2. The zero-order valence-electron chi connectivity index (χ0n) is 33.1. The van der Waals surface area contributed by atoms with E-state index < -0.39 is 0 Å². The molecule has 284 valence electrons. The lowest BCUT2D eigenvalue weighted by Crippen LogP contribution is -1.93. The molecule has 2 aromatic heterocycles. The Morgan fingerprint density at radius 2 is 0.672 bits per heavy atom. The van der Waals surface area contributed by atoms with E-state index >= 15 is 0 Å². The molecule has 0 N–H and O–H groups in total. The molecular formula is C58H36N2O. The Morgan fingerprint density at radius 3 is 1.26 bits per heavy atom. The fourth-order valence-corrected chi connectivity index (χ4v) is 9.06. The second-order valence-corrected chi connectivity index (χ2v) is 15.7. The van der Waals surface area contributed by atoms with E-state index in [-0.39, 0.29) is 0 Å². The lowest BCUT2D eigenvalue weighted by Gasteiger charge is -2.16. The standard InChI is InChI=1S/C58H36N2O/c1-3-13-37(14-4-1)39-23-27-42(28-24-39)52-36-54(43-31-25-40(26-32-43)38-15-5-2-6-16-38)59-55-48-20-10-8-19-47(48)51(35-53(52)55)41-29-33-44(34-30-41)58-60-56-49-21-11-7-17-45(49)46-18-9-12-22-50(46)57(56)61-58/h1-36H. The van der Waals surface area contributed by atoms with E-state index in [1.807, 2.05) is 0 Å². The average Bonchev–Trinajstić information content (AvgIpc) is 3.81. The number of pyridine rings is 1. The number of hydrogen-bond donors (Lipinski definition) is 0. The third kappa shape index (κ3) is 5.98. The first-order valence-electron chi connectivity index (χ1n) is 20.7. The average molecular weight is 777 g/mol. The van der Waals surface area contributed by atoms with Crippen molar-refractivity contribution < 1.29 is 4.42 Å². The molecular weight excluding hydrogens is 741 g/mol. The van der Waals surface area contributed by atoms with Gasteiger partial charge in [-0.05, 0) is 84.9 Å². The number of rotatable bonds is 6. The Balaban J connectivity index is 1.01. The first-order chi connectivity index (χ1) is 30.2. The monoisotopic (exact) mass is 776 g/mol. The molecule has 3 heteroatoms. The van der Waals surface area contributed by atoms with E-state index in [1.165, 1.54) is 33.0 Å². The number of oxazole rings is 1. The predicted molar refractivity (Wildman–Crippen MR) is 254 cm³/mol. The molecule has 0 spiro atoms. The van der Waals surface area contributed by atoms with Gasteiger partial charge in [0.2, 0.25) is 5.89 Å². The summed E-state index contributed by atoms with van der Waals surface area (Å²) >= 11 is 0. The maximum atomic E-state index is 6.61. The maximum absolute atomic E-state index is 6.61. The lowest BCUT2D eigenvalue weighted by molar-refractivity contribution is 0.623. The fraction of sp³-hybridized carbons (Fsp3) is 0. The minimum Gasteiger partial charge on any atom is -0.435 e. The van der Waals surface area contributed by atoms with Crippen molar-refractivity contribution in [2.45, 2.75) is 0 Å². The Kier molecular flexibility index (Phi) is 8.17. The zero-order valence-corrected chi connectivity index (χ0v) is 33.1. The van der Waals surface area contributed by atoms with E-state index in [0.717, 1.165) is 82.6 Å². The van der Waals surface area contributed by atoms with Crippen LogP contribution in [0.5, 0.6) is 0 Å². The van der Waals surface area contributed by atoms with Crippen LogP contribution in [0.4, 0.5) is 0 Å². The molecule has 2 heterocycles. The highest BCUT2D eigenvalue weighted by atomic mass is 16.3. The topological polar surface area (TPSA) is 38.9 Å². The van der Waals surface area contributed by atoms with Crippen LogP contribution >= 0.6 is 0 Å². The number of hydrogen-bond acceptors (Lipinski definition) is 3. The van der Waals surface area contributed by atoms with Gasteiger partial charge in [-0.25, -0.2) is 9.97 Å². The summed E-state index contributed by atoms with van der Waals surface area (Å²) in [7, 11) is 0. The third-order valence-corrected chi connectivity index (χ3v) is 12.1. The van der Waals surface area contributed by atoms with Gasteiger partial charge in [-0.3, -0.25) is 0 Å². The second-order valence-electron chi connectivity index (χ2n) is 15.7. The molecule has 61 heavy (non-hydrogen) atoms. The minimum atomic E-state index is 0.612. The molecule has 0 amide bonds. The van der Waals surface area contributed by atoms with Crippen LogP contribution in [0.25, 0.3) is 122 Å². The summed E-state index contributed by atoms with van der Waals surface area (Å²) in [5.41, 5.74) is 14.9. The van der Waals surface area contributed by atoms with E-state index in [0.29, 0.717) is 5.89 Å². The quantitative estimate of drug-likeness (QED) is 0.158. The minimum absolute atomic E-state index is 0.612. The number of aromatic nitrogens is 2. The van der Waals surface area contributed by atoms with Crippen LogP contribution in [-0.2, 0) is 0 Å². The first kappa shape index (κ1) is 34.9. The normalized spacial score (nSPS) is 11.6. The van der Waals surface area contributed by atoms with Gasteiger partial charge in [0.1, 0.15) is 5.52 Å². The highest BCUT2D eigenvalue weighted by Gasteiger charge is 2.19. The van der Waals surface area contributed by atoms with Gasteiger partial charge in [-0.2, -0.15) is 0 Å². The molecule has 0 aliphatic rings. The van der Waals surface area contributed by atoms with Crippen molar-refractivity contribution in [1.82, 2.24) is 9.97 Å². The van der Waals surface area contributed by atoms with Crippen molar-refractivity contribution in [3.05, 3.63) is 218 Å². The van der Waals surface area contributed by atoms with Crippen molar-refractivity contribution >= 4 is 54.3 Å². The van der Waals surface area contributed by atoms with E-state index in [2.05, 4.69) is 218 Å². The second kappa shape index (κ2) is 14.3. The highest BCUT2D eigenvalue weighted by molar-refractivity contribution is 6.23. The molecule has 0 atom stereocenters. The Labute approximate surface area is 352 Å². The van der Waals surface area contributed by atoms with Gasteiger partial charge >= 0.3 is 0 Å². The lowest BCUT2D eigenvalue weighted by atomic mass is 9.90. The molecule has 0 aliphatic heterocycles. The van der Waals surface area contributed by atoms with Crippen LogP contribution in [0, 0.1) is 0 Å². The fourth-order valence-electron chi connectivity index (χ4n) is 9.06. The molecule has 0 fully saturated rings. The highest BCUT2D eigenvalue weighted by Crippen LogP contribution is 2.42. The van der Waals surface area contributed by atoms with Crippen LogP contribution in [0.1, 0.15) is 0 Å². The van der Waals surface area contributed by atoms with Gasteiger partial charge in [0.15, 0.2) is 5.58 Å². The van der Waals surface area contributed by atoms with Crippen LogP contribution in [-0.4, -0.2) is 9.97 Å². The summed E-state index contributed by atoms with van der Waals surface area (Å²) in [6.07, 6.45) is 0. The molecule has 12 aromatic rings. The van der Waals surface area contributed by atoms with Gasteiger partial charge in [0.05, 0.1) is 11.2 Å².